The Labute approximate surface area is 492 Å². The lowest BCUT2D eigenvalue weighted by Crippen LogP contribution is -2.59. The molecule has 4 aliphatic heterocycles. The van der Waals surface area contributed by atoms with Crippen LogP contribution in [0, 0.1) is 0 Å². The first-order valence-electron chi connectivity index (χ1n) is 25.5. The van der Waals surface area contributed by atoms with Gasteiger partial charge < -0.3 is 29.1 Å². The lowest BCUT2D eigenvalue weighted by Gasteiger charge is -2.40. The number of aliphatic hydroxyl groups excluding tert-OH is 1. The van der Waals surface area contributed by atoms with Gasteiger partial charge in [-0.15, -0.1) is 0 Å². The first-order chi connectivity index (χ1) is 39.4. The first kappa shape index (κ1) is 59.8. The summed E-state index contributed by atoms with van der Waals surface area (Å²) in [6.07, 6.45) is -0.111. The fourth-order valence-electron chi connectivity index (χ4n) is 10.4. The third-order valence-corrected chi connectivity index (χ3v) is 20.8. The maximum Gasteiger partial charge on any atom is 0.414 e. The van der Waals surface area contributed by atoms with Crippen molar-refractivity contribution in [2.24, 2.45) is 0 Å². The summed E-state index contributed by atoms with van der Waals surface area (Å²) >= 11 is 16.5. The lowest BCUT2D eigenvalue weighted by molar-refractivity contribution is -0.160. The van der Waals surface area contributed by atoms with Gasteiger partial charge in [-0.25, -0.2) is 31.2 Å². The standard InChI is InChI=1S/C31H26Cl3N3O8S.C28H26N2O6S/c1-30(2)24(27(39)45-23(18-11-5-3-6-12-18)19-13-7-4-8-14-19)37-25(38)22(26(37)46(30,42)43)20(21-15-9-10-16-35-21)17-44-29(41)36-28(40)31(32,33)34;1-28(2)24(27(33)36-23(18-11-5-3-6-12-18)19-13-7-4-8-14-19)30-25(32)22(26(30)37(28,34)35)20(17-31)21-15-9-10-16-29-21/h3-16,23-24,26H,17H2,1-2H3,(H,36,40,41);3-16,23-24,26,31H,17H2,1-2H3/b2*22-20-/t2*24-,26+/m00/s1. The van der Waals surface area contributed by atoms with Gasteiger partial charge in [0.2, 0.25) is 0 Å². The molecule has 6 aromatic rings. The molecule has 4 fully saturated rings. The minimum absolute atomic E-state index is 0.0526. The van der Waals surface area contributed by atoms with Crippen LogP contribution in [-0.2, 0) is 57.9 Å². The number of benzene rings is 4. The van der Waals surface area contributed by atoms with Gasteiger partial charge in [0, 0.05) is 23.5 Å². The number of nitrogens with zero attached hydrogens (tertiary/aromatic N) is 4. The summed E-state index contributed by atoms with van der Waals surface area (Å²) in [4.78, 5) is 89.5. The molecule has 4 atom stereocenters. The zero-order valence-electron chi connectivity index (χ0n) is 44.5. The minimum atomic E-state index is -4.28. The third-order valence-electron chi connectivity index (χ3n) is 14.8. The number of halogens is 3. The van der Waals surface area contributed by atoms with E-state index in [1.165, 1.54) is 46.2 Å². The van der Waals surface area contributed by atoms with E-state index >= 15 is 0 Å². The quantitative estimate of drug-likeness (QED) is 0.0374. The van der Waals surface area contributed by atoms with Crippen LogP contribution in [0.1, 0.15) is 73.5 Å². The fraction of sp³-hybridized carbons (Fsp3) is 0.254. The van der Waals surface area contributed by atoms with Crippen molar-refractivity contribution in [3.63, 3.8) is 0 Å². The maximum atomic E-state index is 14.0. The van der Waals surface area contributed by atoms with Gasteiger partial charge in [-0.3, -0.25) is 29.7 Å². The van der Waals surface area contributed by atoms with Crippen LogP contribution in [0.25, 0.3) is 11.1 Å². The van der Waals surface area contributed by atoms with E-state index in [2.05, 4.69) is 9.97 Å². The average Bonchev–Trinajstić information content (AvgIpc) is 1.58. The number of alkyl halides is 3. The van der Waals surface area contributed by atoms with Gasteiger partial charge in [-0.2, -0.15) is 0 Å². The number of carbonyl (C=O) groups excluding carboxylic acids is 6. The Balaban J connectivity index is 0.000000204. The smallest absolute Gasteiger partial charge is 0.414 e. The summed E-state index contributed by atoms with van der Waals surface area (Å²) < 4.78 is 66.7. The second-order valence-corrected chi connectivity index (χ2v) is 27.9. The highest BCUT2D eigenvalue weighted by molar-refractivity contribution is 7.94. The number of hydrogen-bond donors (Lipinski definition) is 2. The van der Waals surface area contributed by atoms with Crippen LogP contribution in [0.5, 0.6) is 0 Å². The van der Waals surface area contributed by atoms with Crippen molar-refractivity contribution < 1.29 is 64.9 Å². The third kappa shape index (κ3) is 11.0. The van der Waals surface area contributed by atoms with E-state index in [0.717, 1.165) is 9.80 Å². The van der Waals surface area contributed by atoms with Gasteiger partial charge in [-0.1, -0.05) is 168 Å². The molecule has 2 aromatic heterocycles. The summed E-state index contributed by atoms with van der Waals surface area (Å²) in [5, 5.41) is 8.84. The Morgan fingerprint density at radius 2 is 0.904 bits per heavy atom. The van der Waals surface area contributed by atoms with Crippen LogP contribution in [0.3, 0.4) is 0 Å². The zero-order chi connectivity index (χ0) is 59.8. The van der Waals surface area contributed by atoms with Crippen LogP contribution in [0.15, 0.2) is 181 Å². The molecule has 24 heteroatoms. The summed E-state index contributed by atoms with van der Waals surface area (Å²) in [7, 11) is -8.34. The van der Waals surface area contributed by atoms with Crippen LogP contribution in [-0.4, -0.2) is 127 Å². The van der Waals surface area contributed by atoms with E-state index in [0.29, 0.717) is 27.9 Å². The Hall–Kier alpha value is -7.79. The number of ether oxygens (including phenoxy) is 3. The Bertz CT molecular complexity index is 3700. The molecule has 0 saturated carbocycles. The molecule has 4 amide bonds. The molecule has 0 aliphatic carbocycles. The van der Waals surface area contributed by atoms with Crippen molar-refractivity contribution in [2.75, 3.05) is 13.2 Å². The van der Waals surface area contributed by atoms with E-state index < -0.39 is 117 Å². The number of fused-ring (bicyclic) bond motifs is 2. The average molecular weight is 1230 g/mol. The normalized spacial score (nSPS) is 21.7. The summed E-state index contributed by atoms with van der Waals surface area (Å²) in [5.41, 5.74) is 2.92. The van der Waals surface area contributed by atoms with Gasteiger partial charge in [-0.05, 0) is 74.2 Å². The molecular weight excluding hydrogens is 1170 g/mol. The number of alkyl carbamates (subject to hydrolysis) is 1. The van der Waals surface area contributed by atoms with Gasteiger partial charge in [0.1, 0.15) is 16.1 Å². The largest absolute Gasteiger partial charge is 0.451 e. The molecule has 10 rings (SSSR count). The molecule has 0 radical (unpaired) electrons. The number of sulfone groups is 2. The number of aromatic nitrogens is 2. The number of pyridine rings is 2. The molecule has 6 heterocycles. The highest BCUT2D eigenvalue weighted by Gasteiger charge is 2.72. The number of imide groups is 1. The van der Waals surface area contributed by atoms with E-state index in [1.54, 1.807) is 84.2 Å². The van der Waals surface area contributed by atoms with E-state index in [-0.39, 0.29) is 28.0 Å². The van der Waals surface area contributed by atoms with E-state index in [9.17, 15) is 50.7 Å². The van der Waals surface area contributed by atoms with Crippen molar-refractivity contribution in [1.82, 2.24) is 25.1 Å². The number of rotatable bonds is 13. The number of hydrogen-bond acceptors (Lipinski definition) is 16. The van der Waals surface area contributed by atoms with Crippen LogP contribution in [0.2, 0.25) is 0 Å². The predicted molar refractivity (Wildman–Crippen MR) is 306 cm³/mol. The number of β-lactam (4-membered cyclic amide) rings is 2. The predicted octanol–water partition coefficient (Wildman–Crippen LogP) is 7.44. The summed E-state index contributed by atoms with van der Waals surface area (Å²) in [6.45, 7) is 4.30. The zero-order valence-corrected chi connectivity index (χ0v) is 48.4. The molecule has 4 aromatic carbocycles. The molecular formula is C59H52Cl3N5O14S2. The van der Waals surface area contributed by atoms with Crippen LogP contribution < -0.4 is 5.32 Å². The van der Waals surface area contributed by atoms with Crippen molar-refractivity contribution in [3.8, 4) is 0 Å². The van der Waals surface area contributed by atoms with Crippen molar-refractivity contribution in [1.29, 1.82) is 0 Å². The second kappa shape index (κ2) is 23.5. The SMILES string of the molecule is CC1(C)[C@H](C(=O)OC(c2ccccc2)c2ccccc2)N2C(=O)/C(=C(\CO)c3ccccn3)[C@H]2S1(=O)=O.CC1(C)[C@H](C(=O)OC(c2ccccc2)c2ccccc2)N2C(=O)/C(=C(\COC(=O)NC(=O)C(Cl)(Cl)Cl)c3ccccn3)[C@H]2S1(=O)=O. The molecule has 0 bridgehead atoms. The second-order valence-electron chi connectivity index (χ2n) is 20.4. The van der Waals surface area contributed by atoms with Crippen LogP contribution in [0.4, 0.5) is 4.79 Å². The molecule has 4 saturated heterocycles. The molecule has 19 nitrogen and oxygen atoms in total. The number of aliphatic hydroxyl groups is 1. The van der Waals surface area contributed by atoms with Gasteiger partial charge in [0.25, 0.3) is 21.5 Å². The Morgan fingerprint density at radius 1 is 0.566 bits per heavy atom. The fourth-order valence-corrected chi connectivity index (χ4v) is 14.9. The van der Waals surface area contributed by atoms with Gasteiger partial charge >= 0.3 is 18.0 Å². The lowest BCUT2D eigenvalue weighted by atomic mass is 9.91. The topological polar surface area (TPSA) is 263 Å². The van der Waals surface area contributed by atoms with Crippen molar-refractivity contribution in [3.05, 3.63) is 215 Å². The molecule has 83 heavy (non-hydrogen) atoms. The highest BCUT2D eigenvalue weighted by Crippen LogP contribution is 2.53. The van der Waals surface area contributed by atoms with Crippen molar-refractivity contribution >= 4 is 101 Å². The summed E-state index contributed by atoms with van der Waals surface area (Å²) in [5.74, 6) is -4.44. The molecule has 2 N–H and O–H groups in total. The van der Waals surface area contributed by atoms with E-state index in [4.69, 9.17) is 49.0 Å². The number of esters is 2. The maximum absolute atomic E-state index is 14.0. The first-order valence-corrected chi connectivity index (χ1v) is 29.8. The molecule has 0 unspecified atom stereocenters. The summed E-state index contributed by atoms with van der Waals surface area (Å²) in [6, 6.07) is 42.8. The monoisotopic (exact) mass is 1220 g/mol. The van der Waals surface area contributed by atoms with Gasteiger partial charge in [0.15, 0.2) is 54.7 Å². The number of nitrogens with one attached hydrogen (secondary N) is 1. The number of carbonyl (C=O) groups is 6. The molecule has 430 valence electrons. The minimum Gasteiger partial charge on any atom is -0.451 e. The number of amides is 4. The molecule has 0 spiro atoms. The van der Waals surface area contributed by atoms with Crippen LogP contribution >= 0.6 is 34.8 Å². The Morgan fingerprint density at radius 3 is 1.23 bits per heavy atom. The molecule has 4 aliphatic rings. The van der Waals surface area contributed by atoms with E-state index in [1.807, 2.05) is 72.8 Å². The highest BCUT2D eigenvalue weighted by atomic mass is 35.6. The van der Waals surface area contributed by atoms with Gasteiger partial charge in [0.05, 0.1) is 29.1 Å². The van der Waals surface area contributed by atoms with Crippen molar-refractivity contribution in [2.45, 2.75) is 76.0 Å². The Kier molecular flexibility index (Phi) is 16.9.